The molecule has 1 atom stereocenters. The molecular formula is C10H23N. The number of unbranched alkanes of at least 4 members (excludes halogenated alkanes) is 1. The second-order valence-electron chi connectivity index (χ2n) is 3.45. The third-order valence-electron chi connectivity index (χ3n) is 1.97. The number of hydrogen-bond acceptors (Lipinski definition) is 1. The molecule has 0 aromatic carbocycles. The quantitative estimate of drug-likeness (QED) is 0.560. The molecule has 0 radical (unpaired) electrons. The summed E-state index contributed by atoms with van der Waals surface area (Å²) in [7, 11) is 0. The van der Waals surface area contributed by atoms with Crippen molar-refractivity contribution in [2.75, 3.05) is 13.1 Å². The van der Waals surface area contributed by atoms with Gasteiger partial charge in [0.25, 0.3) is 0 Å². The SMILES string of the molecule is CCCCC(C)CNCCC. The van der Waals surface area contributed by atoms with Crippen molar-refractivity contribution in [1.29, 1.82) is 0 Å². The van der Waals surface area contributed by atoms with Crippen molar-refractivity contribution in [3.8, 4) is 0 Å². The van der Waals surface area contributed by atoms with E-state index < -0.39 is 0 Å². The average Bonchev–Trinajstić information content (AvgIpc) is 2.01. The van der Waals surface area contributed by atoms with Crippen LogP contribution in [0, 0.1) is 5.92 Å². The van der Waals surface area contributed by atoms with Crippen LogP contribution in [0.15, 0.2) is 0 Å². The van der Waals surface area contributed by atoms with Crippen molar-refractivity contribution >= 4 is 0 Å². The molecule has 1 heteroatoms. The van der Waals surface area contributed by atoms with Crippen molar-refractivity contribution in [1.82, 2.24) is 5.32 Å². The van der Waals surface area contributed by atoms with E-state index in [4.69, 9.17) is 0 Å². The van der Waals surface area contributed by atoms with Crippen molar-refractivity contribution in [2.45, 2.75) is 46.5 Å². The summed E-state index contributed by atoms with van der Waals surface area (Å²) in [5.41, 5.74) is 0. The zero-order valence-electron chi connectivity index (χ0n) is 8.32. The summed E-state index contributed by atoms with van der Waals surface area (Å²) in [6, 6.07) is 0. The van der Waals surface area contributed by atoms with E-state index in [1.54, 1.807) is 0 Å². The maximum absolute atomic E-state index is 3.44. The van der Waals surface area contributed by atoms with Gasteiger partial charge >= 0.3 is 0 Å². The van der Waals surface area contributed by atoms with E-state index in [0.29, 0.717) is 0 Å². The van der Waals surface area contributed by atoms with Crippen molar-refractivity contribution in [3.63, 3.8) is 0 Å². The standard InChI is InChI=1S/C10H23N/c1-4-6-7-10(3)9-11-8-5-2/h10-11H,4-9H2,1-3H3. The highest BCUT2D eigenvalue weighted by molar-refractivity contribution is 4.56. The molecule has 0 aliphatic heterocycles. The maximum Gasteiger partial charge on any atom is -0.00232 e. The molecule has 0 saturated heterocycles. The van der Waals surface area contributed by atoms with E-state index in [1.807, 2.05) is 0 Å². The van der Waals surface area contributed by atoms with Gasteiger partial charge in [0.15, 0.2) is 0 Å². The fraction of sp³-hybridized carbons (Fsp3) is 1.00. The Morgan fingerprint density at radius 3 is 2.45 bits per heavy atom. The fourth-order valence-corrected chi connectivity index (χ4v) is 1.18. The lowest BCUT2D eigenvalue weighted by Gasteiger charge is -2.10. The largest absolute Gasteiger partial charge is 0.316 e. The molecule has 0 rings (SSSR count). The monoisotopic (exact) mass is 157 g/mol. The summed E-state index contributed by atoms with van der Waals surface area (Å²) in [5.74, 6) is 0.862. The third kappa shape index (κ3) is 7.86. The highest BCUT2D eigenvalue weighted by Gasteiger charge is 1.98. The normalized spacial score (nSPS) is 13.4. The molecule has 11 heavy (non-hydrogen) atoms. The first kappa shape index (κ1) is 11.0. The van der Waals surface area contributed by atoms with Crippen LogP contribution in [0.4, 0.5) is 0 Å². The second-order valence-corrected chi connectivity index (χ2v) is 3.45. The third-order valence-corrected chi connectivity index (χ3v) is 1.97. The van der Waals surface area contributed by atoms with Crippen molar-refractivity contribution in [3.05, 3.63) is 0 Å². The summed E-state index contributed by atoms with van der Waals surface area (Å²) < 4.78 is 0. The molecule has 0 heterocycles. The van der Waals surface area contributed by atoms with Gasteiger partial charge in [0, 0.05) is 0 Å². The van der Waals surface area contributed by atoms with Gasteiger partial charge in [-0.15, -0.1) is 0 Å². The van der Waals surface area contributed by atoms with Gasteiger partial charge in [0.1, 0.15) is 0 Å². The first-order valence-electron chi connectivity index (χ1n) is 5.02. The zero-order valence-corrected chi connectivity index (χ0v) is 8.32. The van der Waals surface area contributed by atoms with Crippen LogP contribution in [-0.2, 0) is 0 Å². The smallest absolute Gasteiger partial charge is 0.00232 e. The zero-order chi connectivity index (χ0) is 8.53. The van der Waals surface area contributed by atoms with Crippen LogP contribution in [0.5, 0.6) is 0 Å². The predicted molar refractivity (Wildman–Crippen MR) is 51.8 cm³/mol. The van der Waals surface area contributed by atoms with Crippen LogP contribution >= 0.6 is 0 Å². The van der Waals surface area contributed by atoms with Gasteiger partial charge in [0.2, 0.25) is 0 Å². The minimum atomic E-state index is 0.862. The Kier molecular flexibility index (Phi) is 8.03. The summed E-state index contributed by atoms with van der Waals surface area (Å²) >= 11 is 0. The van der Waals surface area contributed by atoms with Crippen LogP contribution in [-0.4, -0.2) is 13.1 Å². The van der Waals surface area contributed by atoms with E-state index in [-0.39, 0.29) is 0 Å². The van der Waals surface area contributed by atoms with Gasteiger partial charge in [-0.1, -0.05) is 33.6 Å². The van der Waals surface area contributed by atoms with Crippen molar-refractivity contribution < 1.29 is 0 Å². The Morgan fingerprint density at radius 2 is 1.91 bits per heavy atom. The lowest BCUT2D eigenvalue weighted by molar-refractivity contribution is 0.464. The molecule has 0 fully saturated rings. The van der Waals surface area contributed by atoms with E-state index >= 15 is 0 Å². The minimum Gasteiger partial charge on any atom is -0.316 e. The molecule has 0 aromatic rings. The van der Waals surface area contributed by atoms with Gasteiger partial charge < -0.3 is 5.32 Å². The second kappa shape index (κ2) is 8.06. The Hall–Kier alpha value is -0.0400. The molecule has 0 amide bonds. The summed E-state index contributed by atoms with van der Waals surface area (Å²) in [5, 5.41) is 3.44. The van der Waals surface area contributed by atoms with E-state index in [2.05, 4.69) is 26.1 Å². The lowest BCUT2D eigenvalue weighted by atomic mass is 10.0. The molecule has 0 aliphatic rings. The van der Waals surface area contributed by atoms with E-state index in [1.165, 1.54) is 38.8 Å². The number of nitrogens with one attached hydrogen (secondary N) is 1. The lowest BCUT2D eigenvalue weighted by Crippen LogP contribution is -2.21. The number of rotatable bonds is 7. The molecule has 0 aromatic heterocycles. The molecule has 0 aliphatic carbocycles. The van der Waals surface area contributed by atoms with E-state index in [9.17, 15) is 0 Å². The highest BCUT2D eigenvalue weighted by atomic mass is 14.8. The van der Waals surface area contributed by atoms with Gasteiger partial charge in [0.05, 0.1) is 0 Å². The first-order chi connectivity index (χ1) is 5.31. The Morgan fingerprint density at radius 1 is 1.18 bits per heavy atom. The molecule has 1 unspecified atom stereocenters. The predicted octanol–water partition coefficient (Wildman–Crippen LogP) is 2.81. The fourth-order valence-electron chi connectivity index (χ4n) is 1.18. The molecule has 68 valence electrons. The van der Waals surface area contributed by atoms with Crippen LogP contribution < -0.4 is 5.32 Å². The van der Waals surface area contributed by atoms with Gasteiger partial charge in [-0.25, -0.2) is 0 Å². The Bertz CT molecular complexity index is 71.3. The number of hydrogen-bond donors (Lipinski definition) is 1. The molecule has 1 nitrogen and oxygen atoms in total. The van der Waals surface area contributed by atoms with Crippen LogP contribution in [0.25, 0.3) is 0 Å². The Labute approximate surface area is 71.6 Å². The van der Waals surface area contributed by atoms with Crippen LogP contribution in [0.3, 0.4) is 0 Å². The topological polar surface area (TPSA) is 12.0 Å². The van der Waals surface area contributed by atoms with Crippen LogP contribution in [0.2, 0.25) is 0 Å². The van der Waals surface area contributed by atoms with Gasteiger partial charge in [-0.3, -0.25) is 0 Å². The molecular weight excluding hydrogens is 134 g/mol. The average molecular weight is 157 g/mol. The molecule has 0 spiro atoms. The Balaban J connectivity index is 3.02. The van der Waals surface area contributed by atoms with Gasteiger partial charge in [-0.05, 0) is 31.8 Å². The van der Waals surface area contributed by atoms with E-state index in [0.717, 1.165) is 5.92 Å². The van der Waals surface area contributed by atoms with Crippen LogP contribution in [0.1, 0.15) is 46.5 Å². The molecule has 1 N–H and O–H groups in total. The summed E-state index contributed by atoms with van der Waals surface area (Å²) in [6.07, 6.45) is 5.35. The van der Waals surface area contributed by atoms with Crippen molar-refractivity contribution in [2.24, 2.45) is 5.92 Å². The first-order valence-corrected chi connectivity index (χ1v) is 5.02. The molecule has 0 saturated carbocycles. The minimum absolute atomic E-state index is 0.862. The maximum atomic E-state index is 3.44. The highest BCUT2D eigenvalue weighted by Crippen LogP contribution is 2.05. The molecule has 0 bridgehead atoms. The summed E-state index contributed by atoms with van der Waals surface area (Å²) in [6.45, 7) is 9.18. The van der Waals surface area contributed by atoms with Gasteiger partial charge in [-0.2, -0.15) is 0 Å². The summed E-state index contributed by atoms with van der Waals surface area (Å²) in [4.78, 5) is 0.